The molecule has 0 aromatic carbocycles. The van der Waals surface area contributed by atoms with E-state index in [2.05, 4.69) is 4.90 Å². The summed E-state index contributed by atoms with van der Waals surface area (Å²) < 4.78 is 69.8. The molecule has 182 valence electrons. The Kier molecular flexibility index (Phi) is 7.58. The Bertz CT molecular complexity index is 862. The number of hydrogen-bond acceptors (Lipinski definition) is 6. The van der Waals surface area contributed by atoms with Gasteiger partial charge >= 0.3 is 12.1 Å². The van der Waals surface area contributed by atoms with Crippen LogP contribution in [-0.4, -0.2) is 80.0 Å². The molecule has 1 spiro atoms. The van der Waals surface area contributed by atoms with Crippen LogP contribution in [0.3, 0.4) is 0 Å². The molecule has 1 N–H and O–H groups in total. The maximum atomic E-state index is 12.7. The molecule has 1 aromatic rings. The van der Waals surface area contributed by atoms with E-state index in [-0.39, 0.29) is 10.7 Å². The first kappa shape index (κ1) is 25.0. The van der Waals surface area contributed by atoms with E-state index in [0.29, 0.717) is 25.6 Å². The van der Waals surface area contributed by atoms with Crippen molar-refractivity contribution in [2.24, 2.45) is 11.3 Å². The normalized spacial score (nSPS) is 24.3. The monoisotopic (exact) mass is 482 g/mol. The number of carbonyl (C=O) groups is 1. The first-order chi connectivity index (χ1) is 15.0. The Morgan fingerprint density at radius 2 is 1.94 bits per heavy atom. The topological polar surface area (TPSA) is 100 Å². The number of methoxy groups -OCH3 is 1. The van der Waals surface area contributed by atoms with Crippen molar-refractivity contribution in [3.05, 3.63) is 24.2 Å². The summed E-state index contributed by atoms with van der Waals surface area (Å²) in [6.45, 7) is 4.76. The molecule has 3 aliphatic rings. The van der Waals surface area contributed by atoms with Crippen LogP contribution in [-0.2, 0) is 26.1 Å². The summed E-state index contributed by atoms with van der Waals surface area (Å²) in [5.41, 5.74) is 0.0671. The Labute approximate surface area is 185 Å². The molecule has 4 rings (SSSR count). The van der Waals surface area contributed by atoms with Crippen molar-refractivity contribution in [3.63, 3.8) is 0 Å². The number of halogens is 3. The van der Waals surface area contributed by atoms with Gasteiger partial charge in [0.05, 0.1) is 24.7 Å². The van der Waals surface area contributed by atoms with E-state index in [4.69, 9.17) is 19.1 Å². The molecule has 1 aromatic heterocycles. The third kappa shape index (κ3) is 5.83. The summed E-state index contributed by atoms with van der Waals surface area (Å²) in [5.74, 6) is -1.46. The minimum Gasteiger partial charge on any atom is -0.475 e. The van der Waals surface area contributed by atoms with Crippen molar-refractivity contribution in [2.45, 2.75) is 43.7 Å². The second kappa shape index (κ2) is 9.70. The van der Waals surface area contributed by atoms with Gasteiger partial charge in [0.15, 0.2) is 0 Å². The number of carboxylic acids is 1. The van der Waals surface area contributed by atoms with Crippen molar-refractivity contribution in [2.75, 3.05) is 39.9 Å². The molecule has 3 fully saturated rings. The predicted octanol–water partition coefficient (Wildman–Crippen LogP) is 2.57. The van der Waals surface area contributed by atoms with Crippen molar-refractivity contribution < 1.29 is 40.6 Å². The van der Waals surface area contributed by atoms with Gasteiger partial charge in [0.2, 0.25) is 10.0 Å². The van der Waals surface area contributed by atoms with Gasteiger partial charge in [-0.3, -0.25) is 4.90 Å². The number of rotatable bonds is 6. The largest absolute Gasteiger partial charge is 0.490 e. The lowest BCUT2D eigenvalue weighted by molar-refractivity contribution is -0.192. The SMILES string of the molecule is COCC1CN(S(=O)(=O)C2CC2)CC12CCN(Cc1ccco1)CC2.O=C(O)C(F)(F)F. The highest BCUT2D eigenvalue weighted by Crippen LogP contribution is 2.47. The van der Waals surface area contributed by atoms with Gasteiger partial charge in [-0.25, -0.2) is 17.5 Å². The van der Waals surface area contributed by atoms with Crippen LogP contribution in [0.15, 0.2) is 22.8 Å². The molecule has 8 nitrogen and oxygen atoms in total. The van der Waals surface area contributed by atoms with E-state index in [1.807, 2.05) is 12.1 Å². The van der Waals surface area contributed by atoms with Gasteiger partial charge < -0.3 is 14.3 Å². The molecule has 0 bridgehead atoms. The molecule has 1 atom stereocenters. The smallest absolute Gasteiger partial charge is 0.475 e. The molecule has 2 aliphatic heterocycles. The van der Waals surface area contributed by atoms with Crippen LogP contribution in [0, 0.1) is 11.3 Å². The number of hydrogen-bond donors (Lipinski definition) is 1. The number of ether oxygens (including phenoxy) is 1. The highest BCUT2D eigenvalue weighted by atomic mass is 32.2. The summed E-state index contributed by atoms with van der Waals surface area (Å²) in [6.07, 6.45) is 0.346. The molecule has 3 heterocycles. The first-order valence-electron chi connectivity index (χ1n) is 10.5. The third-order valence-corrected chi connectivity index (χ3v) is 8.82. The number of sulfonamides is 1. The Morgan fingerprint density at radius 1 is 1.31 bits per heavy atom. The molecule has 2 saturated heterocycles. The van der Waals surface area contributed by atoms with E-state index < -0.39 is 22.2 Å². The van der Waals surface area contributed by atoms with Crippen LogP contribution in [0.4, 0.5) is 13.2 Å². The molecule has 0 radical (unpaired) electrons. The van der Waals surface area contributed by atoms with Crippen LogP contribution in [0.2, 0.25) is 0 Å². The Hall–Kier alpha value is -1.63. The summed E-state index contributed by atoms with van der Waals surface area (Å²) in [6, 6.07) is 3.94. The van der Waals surface area contributed by atoms with Gasteiger partial charge in [-0.05, 0) is 56.3 Å². The van der Waals surface area contributed by atoms with E-state index in [1.165, 1.54) is 0 Å². The van der Waals surface area contributed by atoms with Crippen molar-refractivity contribution in [3.8, 4) is 0 Å². The zero-order valence-corrected chi connectivity index (χ0v) is 18.7. The van der Waals surface area contributed by atoms with E-state index >= 15 is 0 Å². The van der Waals surface area contributed by atoms with E-state index in [0.717, 1.165) is 51.1 Å². The average molecular weight is 483 g/mol. The highest BCUT2D eigenvalue weighted by Gasteiger charge is 2.53. The lowest BCUT2D eigenvalue weighted by Crippen LogP contribution is -2.45. The highest BCUT2D eigenvalue weighted by molar-refractivity contribution is 7.90. The fraction of sp³-hybridized carbons (Fsp3) is 0.750. The average Bonchev–Trinajstić information content (AvgIpc) is 3.37. The van der Waals surface area contributed by atoms with Gasteiger partial charge in [-0.15, -0.1) is 0 Å². The molecule has 32 heavy (non-hydrogen) atoms. The molecular weight excluding hydrogens is 453 g/mol. The predicted molar refractivity (Wildman–Crippen MR) is 108 cm³/mol. The van der Waals surface area contributed by atoms with Gasteiger partial charge in [0.25, 0.3) is 0 Å². The maximum absolute atomic E-state index is 12.7. The number of piperidine rings is 1. The number of carboxylic acid groups (broad SMARTS) is 1. The maximum Gasteiger partial charge on any atom is 0.490 e. The summed E-state index contributed by atoms with van der Waals surface area (Å²) in [4.78, 5) is 11.3. The summed E-state index contributed by atoms with van der Waals surface area (Å²) in [7, 11) is -1.38. The van der Waals surface area contributed by atoms with Gasteiger partial charge in [-0.2, -0.15) is 13.2 Å². The first-order valence-corrected chi connectivity index (χ1v) is 12.0. The molecule has 0 amide bonds. The Balaban J connectivity index is 0.000000360. The third-order valence-electron chi connectivity index (χ3n) is 6.51. The summed E-state index contributed by atoms with van der Waals surface area (Å²) in [5, 5.41) is 7.00. The minimum absolute atomic E-state index is 0.0671. The van der Waals surface area contributed by atoms with Crippen LogP contribution in [0.1, 0.15) is 31.4 Å². The van der Waals surface area contributed by atoms with Crippen LogP contribution in [0.5, 0.6) is 0 Å². The minimum atomic E-state index is -5.08. The zero-order chi connectivity index (χ0) is 23.6. The lowest BCUT2D eigenvalue weighted by Gasteiger charge is -2.42. The fourth-order valence-corrected chi connectivity index (χ4v) is 6.51. The second-order valence-electron chi connectivity index (χ2n) is 8.71. The van der Waals surface area contributed by atoms with Gasteiger partial charge in [0.1, 0.15) is 5.76 Å². The quantitative estimate of drug-likeness (QED) is 0.665. The Morgan fingerprint density at radius 3 is 2.41 bits per heavy atom. The fourth-order valence-electron chi connectivity index (χ4n) is 4.53. The van der Waals surface area contributed by atoms with Crippen molar-refractivity contribution >= 4 is 16.0 Å². The van der Waals surface area contributed by atoms with E-state index in [9.17, 15) is 21.6 Å². The number of likely N-dealkylation sites (tertiary alicyclic amines) is 1. The van der Waals surface area contributed by atoms with Crippen LogP contribution in [0.25, 0.3) is 0 Å². The van der Waals surface area contributed by atoms with Crippen LogP contribution < -0.4 is 0 Å². The number of furan rings is 1. The van der Waals surface area contributed by atoms with Gasteiger partial charge in [0, 0.05) is 26.1 Å². The number of aliphatic carboxylic acids is 1. The van der Waals surface area contributed by atoms with Crippen molar-refractivity contribution in [1.82, 2.24) is 9.21 Å². The number of alkyl halides is 3. The molecular formula is C20H29F3N2O6S. The zero-order valence-electron chi connectivity index (χ0n) is 17.9. The molecule has 1 aliphatic carbocycles. The van der Waals surface area contributed by atoms with Crippen molar-refractivity contribution in [1.29, 1.82) is 0 Å². The second-order valence-corrected chi connectivity index (χ2v) is 10.9. The molecule has 1 saturated carbocycles. The van der Waals surface area contributed by atoms with Crippen LogP contribution >= 0.6 is 0 Å². The summed E-state index contributed by atoms with van der Waals surface area (Å²) >= 11 is 0. The molecule has 1 unspecified atom stereocenters. The van der Waals surface area contributed by atoms with Gasteiger partial charge in [-0.1, -0.05) is 0 Å². The number of nitrogens with zero attached hydrogens (tertiary/aromatic N) is 2. The lowest BCUT2D eigenvalue weighted by atomic mass is 9.71. The molecule has 12 heteroatoms. The van der Waals surface area contributed by atoms with E-state index in [1.54, 1.807) is 17.7 Å². The standard InChI is InChI=1S/C18H28N2O4S.C2HF3O2/c1-23-13-15-11-20(25(21,22)17-4-5-17)14-18(15)6-8-19(9-7-18)12-16-3-2-10-24-16;3-2(4,5)1(6)7/h2-3,10,15,17H,4-9,11-14H2,1H3;(H,6,7).